The lowest BCUT2D eigenvalue weighted by Crippen LogP contribution is -2.40. The Labute approximate surface area is 151 Å². The van der Waals surface area contributed by atoms with E-state index < -0.39 is 0 Å². The van der Waals surface area contributed by atoms with Gasteiger partial charge in [-0.1, -0.05) is 24.3 Å². The third kappa shape index (κ3) is 6.02. The fourth-order valence-electron chi connectivity index (χ4n) is 2.75. The molecule has 0 aliphatic carbocycles. The standard InChI is InChI=1S/C19H32N4S/c1-15(2)23(4)14-17-9-6-5-8-16(17)12-21-19(20-3)22-13-18-10-7-11-24-18/h5-6,8-9,15,18H,7,10-14H2,1-4H3,(H2,20,21,22). The van der Waals surface area contributed by atoms with Gasteiger partial charge in [0, 0.05) is 38.0 Å². The van der Waals surface area contributed by atoms with Crippen molar-refractivity contribution in [3.05, 3.63) is 35.4 Å². The molecule has 0 bridgehead atoms. The first-order valence-corrected chi connectivity index (χ1v) is 9.98. The van der Waals surface area contributed by atoms with Crippen LogP contribution in [0, 0.1) is 0 Å². The lowest BCUT2D eigenvalue weighted by atomic mass is 10.1. The van der Waals surface area contributed by atoms with E-state index in [1.54, 1.807) is 0 Å². The van der Waals surface area contributed by atoms with Gasteiger partial charge in [-0.15, -0.1) is 0 Å². The quantitative estimate of drug-likeness (QED) is 0.587. The highest BCUT2D eigenvalue weighted by atomic mass is 32.2. The zero-order valence-electron chi connectivity index (χ0n) is 15.5. The summed E-state index contributed by atoms with van der Waals surface area (Å²) in [6, 6.07) is 9.21. The van der Waals surface area contributed by atoms with Crippen LogP contribution in [0.2, 0.25) is 0 Å². The monoisotopic (exact) mass is 348 g/mol. The maximum atomic E-state index is 4.36. The number of thioether (sulfide) groups is 1. The SMILES string of the molecule is CN=C(NCc1ccccc1CN(C)C(C)C)NCC1CCCS1. The Morgan fingerprint density at radius 2 is 2.04 bits per heavy atom. The molecule has 1 aromatic carbocycles. The van der Waals surface area contributed by atoms with E-state index in [-0.39, 0.29) is 0 Å². The van der Waals surface area contributed by atoms with E-state index in [0.29, 0.717) is 6.04 Å². The summed E-state index contributed by atoms with van der Waals surface area (Å²) in [5, 5.41) is 7.66. The topological polar surface area (TPSA) is 39.7 Å². The number of nitrogens with one attached hydrogen (secondary N) is 2. The fraction of sp³-hybridized carbons (Fsp3) is 0.632. The first-order chi connectivity index (χ1) is 11.6. The molecule has 0 aromatic heterocycles. The Balaban J connectivity index is 1.87. The summed E-state index contributed by atoms with van der Waals surface area (Å²) in [7, 11) is 4.02. The molecule has 1 aliphatic rings. The summed E-state index contributed by atoms with van der Waals surface area (Å²) < 4.78 is 0. The molecular formula is C19H32N4S. The summed E-state index contributed by atoms with van der Waals surface area (Å²) in [6.45, 7) is 7.24. The average Bonchev–Trinajstić information content (AvgIpc) is 3.09. The molecule has 24 heavy (non-hydrogen) atoms. The third-order valence-corrected chi connectivity index (χ3v) is 6.01. The largest absolute Gasteiger partial charge is 0.355 e. The minimum Gasteiger partial charge on any atom is -0.355 e. The summed E-state index contributed by atoms with van der Waals surface area (Å²) in [4.78, 5) is 6.72. The molecule has 1 fully saturated rings. The summed E-state index contributed by atoms with van der Waals surface area (Å²) >= 11 is 2.07. The second-order valence-corrected chi connectivity index (χ2v) is 8.13. The second kappa shape index (κ2) is 9.94. The number of hydrogen-bond donors (Lipinski definition) is 2. The van der Waals surface area contributed by atoms with E-state index in [0.717, 1.165) is 30.8 Å². The van der Waals surface area contributed by atoms with Crippen LogP contribution >= 0.6 is 11.8 Å². The van der Waals surface area contributed by atoms with Gasteiger partial charge in [0.05, 0.1) is 0 Å². The highest BCUT2D eigenvalue weighted by molar-refractivity contribution is 8.00. The van der Waals surface area contributed by atoms with Crippen LogP contribution in [-0.4, -0.2) is 48.5 Å². The van der Waals surface area contributed by atoms with E-state index in [2.05, 4.69) is 77.4 Å². The van der Waals surface area contributed by atoms with Gasteiger partial charge in [0.15, 0.2) is 5.96 Å². The van der Waals surface area contributed by atoms with Gasteiger partial charge in [0.2, 0.25) is 0 Å². The molecule has 2 N–H and O–H groups in total. The maximum Gasteiger partial charge on any atom is 0.191 e. The molecule has 4 nitrogen and oxygen atoms in total. The third-order valence-electron chi connectivity index (χ3n) is 4.61. The second-order valence-electron chi connectivity index (χ2n) is 6.72. The highest BCUT2D eigenvalue weighted by Gasteiger charge is 2.15. The van der Waals surface area contributed by atoms with E-state index in [9.17, 15) is 0 Å². The predicted molar refractivity (Wildman–Crippen MR) is 107 cm³/mol. The van der Waals surface area contributed by atoms with Crippen LogP contribution in [-0.2, 0) is 13.1 Å². The predicted octanol–water partition coefficient (Wildman–Crippen LogP) is 3.09. The van der Waals surface area contributed by atoms with Crippen molar-refractivity contribution in [2.75, 3.05) is 26.4 Å². The number of benzene rings is 1. The smallest absolute Gasteiger partial charge is 0.191 e. The molecule has 1 atom stereocenters. The number of guanidine groups is 1. The molecule has 2 rings (SSSR count). The van der Waals surface area contributed by atoms with Crippen molar-refractivity contribution < 1.29 is 0 Å². The molecule has 0 saturated carbocycles. The van der Waals surface area contributed by atoms with E-state index in [4.69, 9.17) is 0 Å². The number of rotatable bonds is 7. The summed E-state index contributed by atoms with van der Waals surface area (Å²) in [6.07, 6.45) is 2.67. The van der Waals surface area contributed by atoms with Gasteiger partial charge in [-0.2, -0.15) is 11.8 Å². The fourth-order valence-corrected chi connectivity index (χ4v) is 3.95. The Bertz CT molecular complexity index is 524. The normalized spacial score (nSPS) is 18.4. The maximum absolute atomic E-state index is 4.36. The van der Waals surface area contributed by atoms with Crippen LogP contribution in [0.5, 0.6) is 0 Å². The molecule has 0 amide bonds. The van der Waals surface area contributed by atoms with Gasteiger partial charge in [-0.05, 0) is 50.6 Å². The van der Waals surface area contributed by atoms with Gasteiger partial charge < -0.3 is 10.6 Å². The number of hydrogen-bond acceptors (Lipinski definition) is 3. The van der Waals surface area contributed by atoms with Crippen LogP contribution in [0.1, 0.15) is 37.8 Å². The van der Waals surface area contributed by atoms with E-state index >= 15 is 0 Å². The molecule has 1 heterocycles. The molecule has 0 spiro atoms. The van der Waals surface area contributed by atoms with Crippen molar-refractivity contribution in [1.29, 1.82) is 0 Å². The van der Waals surface area contributed by atoms with Crippen molar-refractivity contribution in [3.63, 3.8) is 0 Å². The van der Waals surface area contributed by atoms with E-state index in [1.807, 2.05) is 7.05 Å². The van der Waals surface area contributed by atoms with Crippen molar-refractivity contribution in [2.24, 2.45) is 4.99 Å². The number of nitrogens with zero attached hydrogens (tertiary/aromatic N) is 2. The average molecular weight is 349 g/mol. The molecule has 5 heteroatoms. The Hall–Kier alpha value is -1.20. The van der Waals surface area contributed by atoms with Crippen LogP contribution in [0.3, 0.4) is 0 Å². The van der Waals surface area contributed by atoms with Crippen molar-refractivity contribution in [3.8, 4) is 0 Å². The zero-order valence-corrected chi connectivity index (χ0v) is 16.3. The number of aliphatic imine (C=N–C) groups is 1. The first-order valence-electron chi connectivity index (χ1n) is 8.93. The van der Waals surface area contributed by atoms with Gasteiger partial charge in [0.25, 0.3) is 0 Å². The highest BCUT2D eigenvalue weighted by Crippen LogP contribution is 2.25. The van der Waals surface area contributed by atoms with Gasteiger partial charge in [0.1, 0.15) is 0 Å². The lowest BCUT2D eigenvalue weighted by Gasteiger charge is -2.23. The van der Waals surface area contributed by atoms with Gasteiger partial charge in [-0.25, -0.2) is 0 Å². The summed E-state index contributed by atoms with van der Waals surface area (Å²) in [5.41, 5.74) is 2.71. The Kier molecular flexibility index (Phi) is 7.92. The molecule has 1 aliphatic heterocycles. The first kappa shape index (κ1) is 19.1. The molecule has 0 radical (unpaired) electrons. The zero-order chi connectivity index (χ0) is 17.4. The summed E-state index contributed by atoms with van der Waals surface area (Å²) in [5.74, 6) is 2.20. The van der Waals surface area contributed by atoms with Crippen LogP contribution in [0.25, 0.3) is 0 Å². The van der Waals surface area contributed by atoms with Gasteiger partial charge in [-0.3, -0.25) is 9.89 Å². The molecule has 134 valence electrons. The lowest BCUT2D eigenvalue weighted by molar-refractivity contribution is 0.265. The minimum absolute atomic E-state index is 0.546. The van der Waals surface area contributed by atoms with E-state index in [1.165, 1.54) is 29.7 Å². The Morgan fingerprint density at radius 3 is 2.67 bits per heavy atom. The van der Waals surface area contributed by atoms with Crippen LogP contribution in [0.15, 0.2) is 29.3 Å². The molecule has 1 aromatic rings. The van der Waals surface area contributed by atoms with Crippen LogP contribution < -0.4 is 10.6 Å². The van der Waals surface area contributed by atoms with Crippen LogP contribution in [0.4, 0.5) is 0 Å². The Morgan fingerprint density at radius 1 is 1.29 bits per heavy atom. The van der Waals surface area contributed by atoms with Gasteiger partial charge >= 0.3 is 0 Å². The molecular weight excluding hydrogens is 316 g/mol. The van der Waals surface area contributed by atoms with Crippen molar-refractivity contribution in [2.45, 2.75) is 51.1 Å². The minimum atomic E-state index is 0.546. The van der Waals surface area contributed by atoms with Crippen molar-refractivity contribution in [1.82, 2.24) is 15.5 Å². The molecule has 1 unspecified atom stereocenters. The van der Waals surface area contributed by atoms with Crippen molar-refractivity contribution >= 4 is 17.7 Å². The molecule has 1 saturated heterocycles.